The van der Waals surface area contributed by atoms with Gasteiger partial charge in [-0.25, -0.2) is 0 Å². The van der Waals surface area contributed by atoms with E-state index in [0.717, 1.165) is 12.8 Å². The molecule has 2 aliphatic carbocycles. The van der Waals surface area contributed by atoms with Gasteiger partial charge in [-0.3, -0.25) is 0 Å². The zero-order valence-electron chi connectivity index (χ0n) is 10.7. The highest BCUT2D eigenvalue weighted by Crippen LogP contribution is 2.49. The Morgan fingerprint density at radius 3 is 2.12 bits per heavy atom. The highest BCUT2D eigenvalue weighted by molar-refractivity contribution is 5.24. The van der Waals surface area contributed by atoms with Crippen LogP contribution in [0.1, 0.15) is 39.5 Å². The summed E-state index contributed by atoms with van der Waals surface area (Å²) >= 11 is 0. The molecule has 2 saturated carbocycles. The number of rotatable bonds is 1. The fourth-order valence-corrected chi connectivity index (χ4v) is 3.39. The van der Waals surface area contributed by atoms with Gasteiger partial charge in [-0.05, 0) is 24.7 Å². The summed E-state index contributed by atoms with van der Waals surface area (Å²) in [6.45, 7) is 5.61. The maximum absolute atomic E-state index is 10.9. The lowest BCUT2D eigenvalue weighted by atomic mass is 9.67. The van der Waals surface area contributed by atoms with E-state index in [1.807, 2.05) is 0 Å². The van der Waals surface area contributed by atoms with E-state index in [1.54, 1.807) is 0 Å². The third-order valence-corrected chi connectivity index (χ3v) is 4.60. The summed E-state index contributed by atoms with van der Waals surface area (Å²) in [5.41, 5.74) is 0.752. The smallest absolute Gasteiger partial charge is 0.169 e. The Hall–Kier alpha value is -0.380. The predicted octanol–water partition coefficient (Wildman–Crippen LogP) is 2.25. The molecule has 96 valence electrons. The second kappa shape index (κ2) is 3.81. The molecule has 3 aliphatic rings. The van der Waals surface area contributed by atoms with Crippen molar-refractivity contribution in [2.75, 3.05) is 13.2 Å². The lowest BCUT2D eigenvalue weighted by Gasteiger charge is -2.48. The molecule has 1 spiro atoms. The Morgan fingerprint density at radius 2 is 1.65 bits per heavy atom. The van der Waals surface area contributed by atoms with Crippen molar-refractivity contribution in [3.8, 4) is 0 Å². The van der Waals surface area contributed by atoms with Crippen LogP contribution < -0.4 is 0 Å². The van der Waals surface area contributed by atoms with E-state index in [1.165, 1.54) is 18.4 Å². The first kappa shape index (κ1) is 11.7. The number of hydrogen-bond donors (Lipinski definition) is 1. The van der Waals surface area contributed by atoms with Crippen LogP contribution in [0, 0.1) is 11.8 Å². The van der Waals surface area contributed by atoms with Crippen molar-refractivity contribution in [3.05, 3.63) is 11.6 Å². The van der Waals surface area contributed by atoms with Gasteiger partial charge < -0.3 is 14.6 Å². The molecule has 1 saturated heterocycles. The van der Waals surface area contributed by atoms with Crippen molar-refractivity contribution >= 4 is 0 Å². The first-order valence-corrected chi connectivity index (χ1v) is 6.75. The van der Waals surface area contributed by atoms with Crippen molar-refractivity contribution in [2.24, 2.45) is 11.8 Å². The van der Waals surface area contributed by atoms with Crippen molar-refractivity contribution in [1.82, 2.24) is 0 Å². The lowest BCUT2D eigenvalue weighted by Crippen LogP contribution is -2.53. The molecule has 0 aromatic carbocycles. The van der Waals surface area contributed by atoms with Crippen LogP contribution in [0.25, 0.3) is 0 Å². The summed E-state index contributed by atoms with van der Waals surface area (Å²) in [4.78, 5) is 0. The van der Waals surface area contributed by atoms with Crippen LogP contribution in [0.2, 0.25) is 0 Å². The minimum absolute atomic E-state index is 0.192. The van der Waals surface area contributed by atoms with Crippen molar-refractivity contribution in [1.29, 1.82) is 0 Å². The molecule has 3 nitrogen and oxygen atoms in total. The third kappa shape index (κ3) is 1.94. The van der Waals surface area contributed by atoms with Crippen LogP contribution in [-0.2, 0) is 9.47 Å². The first-order chi connectivity index (χ1) is 8.04. The summed E-state index contributed by atoms with van der Waals surface area (Å²) in [5.74, 6) is -0.0254. The van der Waals surface area contributed by atoms with Gasteiger partial charge in [-0.1, -0.05) is 25.5 Å². The summed E-state index contributed by atoms with van der Waals surface area (Å²) < 4.78 is 11.6. The summed E-state index contributed by atoms with van der Waals surface area (Å²) in [6.07, 6.45) is 6.05. The second-order valence-electron chi connectivity index (χ2n) is 6.01. The molecule has 0 bridgehead atoms. The minimum Gasteiger partial charge on any atom is -0.385 e. The van der Waals surface area contributed by atoms with E-state index in [0.29, 0.717) is 13.2 Å². The third-order valence-electron chi connectivity index (χ3n) is 4.60. The number of ether oxygens (including phenoxy) is 2. The summed E-state index contributed by atoms with van der Waals surface area (Å²) in [7, 11) is 0. The highest BCUT2D eigenvalue weighted by atomic mass is 16.7. The van der Waals surface area contributed by atoms with Gasteiger partial charge in [0.15, 0.2) is 5.79 Å². The van der Waals surface area contributed by atoms with E-state index in [-0.39, 0.29) is 11.8 Å². The molecule has 3 heteroatoms. The Morgan fingerprint density at radius 1 is 1.12 bits per heavy atom. The van der Waals surface area contributed by atoms with E-state index < -0.39 is 11.4 Å². The Kier molecular flexibility index (Phi) is 2.62. The maximum Gasteiger partial charge on any atom is 0.169 e. The lowest BCUT2D eigenvalue weighted by molar-refractivity contribution is -0.228. The van der Waals surface area contributed by atoms with Gasteiger partial charge in [0.1, 0.15) is 0 Å². The van der Waals surface area contributed by atoms with Crippen molar-refractivity contribution in [3.63, 3.8) is 0 Å². The molecule has 0 radical (unpaired) electrons. The Balaban J connectivity index is 1.82. The van der Waals surface area contributed by atoms with Gasteiger partial charge >= 0.3 is 0 Å². The molecule has 1 N–H and O–H groups in total. The molecule has 0 unspecified atom stereocenters. The fourth-order valence-electron chi connectivity index (χ4n) is 3.39. The monoisotopic (exact) mass is 238 g/mol. The van der Waals surface area contributed by atoms with Crippen LogP contribution >= 0.6 is 0 Å². The maximum atomic E-state index is 10.9. The van der Waals surface area contributed by atoms with Gasteiger partial charge in [-0.2, -0.15) is 0 Å². The summed E-state index contributed by atoms with van der Waals surface area (Å²) in [6, 6.07) is 0. The zero-order chi connectivity index (χ0) is 12.1. The average Bonchev–Trinajstić information content (AvgIpc) is 2.96. The zero-order valence-corrected chi connectivity index (χ0v) is 10.7. The first-order valence-electron chi connectivity index (χ1n) is 6.75. The SMILES string of the molecule is C[C@H]1CC2(C[C@H](C)C1(O)C=C1CC1)OCCO2. The Labute approximate surface area is 103 Å². The standard InChI is InChI=1S/C14H22O3/c1-10-7-13(16-5-6-17-13)8-11(2)14(10,15)9-12-3-4-12/h9-11,15H,3-8H2,1-2H3/t10-,11-/m0/s1. The van der Waals surface area contributed by atoms with Gasteiger partial charge in [0.05, 0.1) is 18.8 Å². The number of hydrogen-bond acceptors (Lipinski definition) is 3. The molecular weight excluding hydrogens is 216 g/mol. The molecular formula is C14H22O3. The predicted molar refractivity (Wildman–Crippen MR) is 64.5 cm³/mol. The van der Waals surface area contributed by atoms with Crippen molar-refractivity contribution < 1.29 is 14.6 Å². The molecule has 1 aliphatic heterocycles. The van der Waals surface area contributed by atoms with E-state index in [2.05, 4.69) is 19.9 Å². The molecule has 1 heterocycles. The van der Waals surface area contributed by atoms with Crippen LogP contribution in [0.5, 0.6) is 0 Å². The molecule has 3 fully saturated rings. The van der Waals surface area contributed by atoms with Gasteiger partial charge in [0, 0.05) is 12.8 Å². The molecule has 2 atom stereocenters. The highest BCUT2D eigenvalue weighted by Gasteiger charge is 2.53. The van der Waals surface area contributed by atoms with Crippen LogP contribution in [0.4, 0.5) is 0 Å². The molecule has 0 aromatic heterocycles. The van der Waals surface area contributed by atoms with Crippen LogP contribution in [-0.4, -0.2) is 29.7 Å². The van der Waals surface area contributed by atoms with Crippen molar-refractivity contribution in [2.45, 2.75) is 50.9 Å². The summed E-state index contributed by atoms with van der Waals surface area (Å²) in [5, 5.41) is 10.9. The molecule has 3 rings (SSSR count). The van der Waals surface area contributed by atoms with E-state index >= 15 is 0 Å². The second-order valence-corrected chi connectivity index (χ2v) is 6.01. The van der Waals surface area contributed by atoms with E-state index in [9.17, 15) is 5.11 Å². The molecule has 0 amide bonds. The molecule has 17 heavy (non-hydrogen) atoms. The van der Waals surface area contributed by atoms with Gasteiger partial charge in [-0.15, -0.1) is 0 Å². The largest absolute Gasteiger partial charge is 0.385 e. The molecule has 0 aromatic rings. The van der Waals surface area contributed by atoms with E-state index in [4.69, 9.17) is 9.47 Å². The van der Waals surface area contributed by atoms with Crippen LogP contribution in [0.3, 0.4) is 0 Å². The number of allylic oxidation sites excluding steroid dienone is 1. The Bertz CT molecular complexity index is 321. The average molecular weight is 238 g/mol. The quantitative estimate of drug-likeness (QED) is 0.712. The number of aliphatic hydroxyl groups is 1. The fraction of sp³-hybridized carbons (Fsp3) is 0.857. The topological polar surface area (TPSA) is 38.7 Å². The van der Waals surface area contributed by atoms with Gasteiger partial charge in [0.2, 0.25) is 0 Å². The van der Waals surface area contributed by atoms with Gasteiger partial charge in [0.25, 0.3) is 0 Å². The minimum atomic E-state index is -0.660. The normalized spacial score (nSPS) is 44.1. The van der Waals surface area contributed by atoms with Crippen LogP contribution in [0.15, 0.2) is 11.6 Å².